The highest BCUT2D eigenvalue weighted by Crippen LogP contribution is 2.26. The minimum atomic E-state index is -0.586. The van der Waals surface area contributed by atoms with Crippen LogP contribution in [0.4, 0.5) is 0 Å². The van der Waals surface area contributed by atoms with Crippen molar-refractivity contribution in [3.63, 3.8) is 0 Å². The van der Waals surface area contributed by atoms with Gasteiger partial charge in [0.15, 0.2) is 0 Å². The molecule has 0 aromatic carbocycles. The smallest absolute Gasteiger partial charge is 0.128 e. The molecule has 13 heavy (non-hydrogen) atoms. The van der Waals surface area contributed by atoms with Gasteiger partial charge in [-0.05, 0) is 19.9 Å². The van der Waals surface area contributed by atoms with Gasteiger partial charge in [0.2, 0.25) is 0 Å². The maximum Gasteiger partial charge on any atom is 0.128 e. The van der Waals surface area contributed by atoms with Crippen molar-refractivity contribution in [2.24, 2.45) is 0 Å². The first-order valence-corrected chi connectivity index (χ1v) is 4.09. The number of furan rings is 1. The number of ether oxygens (including phenoxy) is 1. The molecule has 0 amide bonds. The lowest BCUT2D eigenvalue weighted by atomic mass is 9.90. The predicted octanol–water partition coefficient (Wildman–Crippen LogP) is 2.23. The molecule has 0 aliphatic carbocycles. The van der Waals surface area contributed by atoms with Crippen LogP contribution in [0, 0.1) is 11.3 Å². The van der Waals surface area contributed by atoms with Crippen molar-refractivity contribution in [1.29, 1.82) is 5.26 Å². The lowest BCUT2D eigenvalue weighted by molar-refractivity contribution is 0.182. The minimum absolute atomic E-state index is 0.483. The summed E-state index contributed by atoms with van der Waals surface area (Å²) in [4.78, 5) is 0. The molecule has 70 valence electrons. The van der Waals surface area contributed by atoms with Crippen molar-refractivity contribution in [2.75, 3.05) is 7.11 Å². The second-order valence-corrected chi connectivity index (χ2v) is 3.44. The highest BCUT2D eigenvalue weighted by molar-refractivity contribution is 5.29. The molecule has 0 saturated heterocycles. The Kier molecular flexibility index (Phi) is 2.74. The van der Waals surface area contributed by atoms with Gasteiger partial charge in [0.25, 0.3) is 0 Å². The van der Waals surface area contributed by atoms with Crippen molar-refractivity contribution < 1.29 is 9.15 Å². The van der Waals surface area contributed by atoms with E-state index in [0.29, 0.717) is 12.4 Å². The van der Waals surface area contributed by atoms with Gasteiger partial charge in [-0.25, -0.2) is 0 Å². The fourth-order valence-electron chi connectivity index (χ4n) is 1.20. The van der Waals surface area contributed by atoms with Crippen LogP contribution >= 0.6 is 0 Å². The number of rotatable bonds is 3. The van der Waals surface area contributed by atoms with Crippen molar-refractivity contribution in [3.8, 4) is 6.07 Å². The van der Waals surface area contributed by atoms with Gasteiger partial charge < -0.3 is 9.15 Å². The SMILES string of the molecule is COCc1ccoc1C(C)(C)C#N. The largest absolute Gasteiger partial charge is 0.467 e. The predicted molar refractivity (Wildman–Crippen MR) is 48.1 cm³/mol. The molecule has 0 atom stereocenters. The Balaban J connectivity index is 3.01. The van der Waals surface area contributed by atoms with Crippen LogP contribution in [0.1, 0.15) is 25.2 Å². The van der Waals surface area contributed by atoms with Crippen LogP contribution in [0.3, 0.4) is 0 Å². The van der Waals surface area contributed by atoms with Gasteiger partial charge in [0.1, 0.15) is 11.2 Å². The van der Waals surface area contributed by atoms with Crippen molar-refractivity contribution >= 4 is 0 Å². The third-order valence-corrected chi connectivity index (χ3v) is 1.89. The lowest BCUT2D eigenvalue weighted by Crippen LogP contribution is -2.15. The molecule has 0 aliphatic heterocycles. The van der Waals surface area contributed by atoms with E-state index in [1.165, 1.54) is 0 Å². The number of hydrogen-bond donors (Lipinski definition) is 0. The quantitative estimate of drug-likeness (QED) is 0.714. The second-order valence-electron chi connectivity index (χ2n) is 3.44. The maximum absolute atomic E-state index is 8.91. The second kappa shape index (κ2) is 3.63. The Hall–Kier alpha value is -1.27. The zero-order valence-electron chi connectivity index (χ0n) is 8.13. The molecule has 0 aliphatic rings. The molecule has 0 radical (unpaired) electrons. The average Bonchev–Trinajstić information content (AvgIpc) is 2.54. The number of hydrogen-bond acceptors (Lipinski definition) is 3. The van der Waals surface area contributed by atoms with E-state index in [4.69, 9.17) is 14.4 Å². The summed E-state index contributed by atoms with van der Waals surface area (Å²) < 4.78 is 10.3. The van der Waals surface area contributed by atoms with Crippen LogP contribution in [0.25, 0.3) is 0 Å². The van der Waals surface area contributed by atoms with Gasteiger partial charge in [0.05, 0.1) is 18.9 Å². The summed E-state index contributed by atoms with van der Waals surface area (Å²) in [5.41, 5.74) is 0.353. The molecule has 1 rings (SSSR count). The van der Waals surface area contributed by atoms with Gasteiger partial charge in [-0.3, -0.25) is 0 Å². The number of methoxy groups -OCH3 is 1. The summed E-state index contributed by atoms with van der Waals surface area (Å²) in [6.07, 6.45) is 1.59. The van der Waals surface area contributed by atoms with Crippen LogP contribution < -0.4 is 0 Å². The molecule has 3 heteroatoms. The van der Waals surface area contributed by atoms with Gasteiger partial charge in [-0.15, -0.1) is 0 Å². The van der Waals surface area contributed by atoms with Gasteiger partial charge >= 0.3 is 0 Å². The average molecular weight is 179 g/mol. The Morgan fingerprint density at radius 2 is 2.31 bits per heavy atom. The zero-order valence-corrected chi connectivity index (χ0v) is 8.13. The Bertz CT molecular complexity index is 320. The lowest BCUT2D eigenvalue weighted by Gasteiger charge is -2.13. The van der Waals surface area contributed by atoms with Gasteiger partial charge in [-0.1, -0.05) is 0 Å². The molecular formula is C10H13NO2. The molecule has 0 spiro atoms. The van der Waals surface area contributed by atoms with Crippen molar-refractivity contribution in [2.45, 2.75) is 25.9 Å². The number of nitriles is 1. The summed E-state index contributed by atoms with van der Waals surface area (Å²) in [5.74, 6) is 0.692. The van der Waals surface area contributed by atoms with E-state index < -0.39 is 5.41 Å². The molecule has 0 bridgehead atoms. The zero-order chi connectivity index (χ0) is 9.90. The summed E-state index contributed by atoms with van der Waals surface area (Å²) in [5, 5.41) is 8.91. The third-order valence-electron chi connectivity index (χ3n) is 1.89. The maximum atomic E-state index is 8.91. The van der Waals surface area contributed by atoms with Crippen LogP contribution in [0.15, 0.2) is 16.7 Å². The molecule has 0 fully saturated rings. The molecule has 0 N–H and O–H groups in total. The normalized spacial score (nSPS) is 11.2. The standard InChI is InChI=1S/C10H13NO2/c1-10(2,7-11)9-8(6-12-3)4-5-13-9/h4-5H,6H2,1-3H3. The molecule has 1 heterocycles. The van der Waals surface area contributed by atoms with Crippen LogP contribution in [-0.2, 0) is 16.8 Å². The van der Waals surface area contributed by atoms with Crippen molar-refractivity contribution in [1.82, 2.24) is 0 Å². The molecular weight excluding hydrogens is 166 g/mol. The highest BCUT2D eigenvalue weighted by atomic mass is 16.5. The molecule has 1 aromatic heterocycles. The van der Waals surface area contributed by atoms with E-state index in [-0.39, 0.29) is 0 Å². The first kappa shape index (κ1) is 9.82. The van der Waals surface area contributed by atoms with E-state index in [2.05, 4.69) is 6.07 Å². The first-order chi connectivity index (χ1) is 6.11. The van der Waals surface area contributed by atoms with E-state index in [9.17, 15) is 0 Å². The molecule has 0 saturated carbocycles. The third kappa shape index (κ3) is 1.90. The number of nitrogens with zero attached hydrogens (tertiary/aromatic N) is 1. The molecule has 0 unspecified atom stereocenters. The van der Waals surface area contributed by atoms with E-state index in [1.807, 2.05) is 19.9 Å². The van der Waals surface area contributed by atoms with Crippen LogP contribution in [0.5, 0.6) is 0 Å². The molecule has 1 aromatic rings. The fraction of sp³-hybridized carbons (Fsp3) is 0.500. The summed E-state index contributed by atoms with van der Waals surface area (Å²) in [6.45, 7) is 4.13. The molecule has 3 nitrogen and oxygen atoms in total. The minimum Gasteiger partial charge on any atom is -0.467 e. The Morgan fingerprint density at radius 1 is 1.62 bits per heavy atom. The first-order valence-electron chi connectivity index (χ1n) is 4.09. The van der Waals surface area contributed by atoms with E-state index >= 15 is 0 Å². The van der Waals surface area contributed by atoms with Crippen LogP contribution in [0.2, 0.25) is 0 Å². The van der Waals surface area contributed by atoms with Gasteiger partial charge in [0, 0.05) is 12.7 Å². The topological polar surface area (TPSA) is 46.2 Å². The van der Waals surface area contributed by atoms with E-state index in [0.717, 1.165) is 5.56 Å². The van der Waals surface area contributed by atoms with Crippen LogP contribution in [-0.4, -0.2) is 7.11 Å². The summed E-state index contributed by atoms with van der Waals surface area (Å²) in [7, 11) is 1.62. The summed E-state index contributed by atoms with van der Waals surface area (Å²) in [6, 6.07) is 4.02. The highest BCUT2D eigenvalue weighted by Gasteiger charge is 2.26. The fourth-order valence-corrected chi connectivity index (χ4v) is 1.20. The Morgan fingerprint density at radius 3 is 2.85 bits per heavy atom. The monoisotopic (exact) mass is 179 g/mol. The van der Waals surface area contributed by atoms with Gasteiger partial charge in [-0.2, -0.15) is 5.26 Å². The van der Waals surface area contributed by atoms with Crippen molar-refractivity contribution in [3.05, 3.63) is 23.7 Å². The Labute approximate surface area is 77.9 Å². The summed E-state index contributed by atoms with van der Waals surface area (Å²) >= 11 is 0. The van der Waals surface area contributed by atoms with E-state index in [1.54, 1.807) is 13.4 Å².